The zero-order chi connectivity index (χ0) is 21.7. The molecule has 1 atom stereocenters. The van der Waals surface area contributed by atoms with Gasteiger partial charge in [0, 0.05) is 28.0 Å². The molecule has 1 aliphatic heterocycles. The topological polar surface area (TPSA) is 55.8 Å². The average molecular weight is 471 g/mol. The van der Waals surface area contributed by atoms with Crippen LogP contribution in [0.4, 0.5) is 0 Å². The number of halogens is 3. The summed E-state index contributed by atoms with van der Waals surface area (Å²) in [5, 5.41) is 1.59. The summed E-state index contributed by atoms with van der Waals surface area (Å²) in [6.45, 7) is 3.04. The Morgan fingerprint density at radius 3 is 2.60 bits per heavy atom. The van der Waals surface area contributed by atoms with Gasteiger partial charge in [0.05, 0.1) is 18.7 Å². The summed E-state index contributed by atoms with van der Waals surface area (Å²) in [4.78, 5) is 26.2. The largest absolute Gasteiger partial charge is 0.490 e. The van der Waals surface area contributed by atoms with Gasteiger partial charge >= 0.3 is 0 Å². The van der Waals surface area contributed by atoms with E-state index in [0.29, 0.717) is 58.9 Å². The van der Waals surface area contributed by atoms with Crippen LogP contribution in [0, 0.1) is 0 Å². The van der Waals surface area contributed by atoms with Crippen molar-refractivity contribution >= 4 is 46.5 Å². The van der Waals surface area contributed by atoms with Gasteiger partial charge in [-0.25, -0.2) is 0 Å². The van der Waals surface area contributed by atoms with Crippen molar-refractivity contribution in [2.24, 2.45) is 0 Å². The maximum atomic E-state index is 12.7. The van der Waals surface area contributed by atoms with Crippen LogP contribution in [0.15, 0.2) is 36.4 Å². The Bertz CT molecular complexity index is 914. The lowest BCUT2D eigenvalue weighted by molar-refractivity contribution is -0.139. The number of ether oxygens (including phenoxy) is 2. The second-order valence-corrected chi connectivity index (χ2v) is 8.29. The van der Waals surface area contributed by atoms with Crippen molar-refractivity contribution in [2.45, 2.75) is 25.9 Å². The lowest BCUT2D eigenvalue weighted by atomic mass is 10.1. The monoisotopic (exact) mass is 469 g/mol. The molecule has 0 aliphatic carbocycles. The molecule has 1 saturated heterocycles. The number of carbonyl (C=O) groups excluding carboxylic acids is 2. The molecule has 1 aliphatic rings. The van der Waals surface area contributed by atoms with E-state index in [-0.39, 0.29) is 24.4 Å². The molecular formula is C22H22Cl3NO4. The molecule has 1 amide bonds. The smallest absolute Gasteiger partial charge is 0.223 e. The van der Waals surface area contributed by atoms with Crippen LogP contribution < -0.4 is 4.74 Å². The molecule has 160 valence electrons. The predicted molar refractivity (Wildman–Crippen MR) is 118 cm³/mol. The third-order valence-electron chi connectivity index (χ3n) is 4.89. The molecule has 0 saturated carbocycles. The van der Waals surface area contributed by atoms with Crippen molar-refractivity contribution in [2.75, 3.05) is 26.3 Å². The van der Waals surface area contributed by atoms with Crippen LogP contribution in [0.25, 0.3) is 0 Å². The van der Waals surface area contributed by atoms with Crippen LogP contribution in [0.3, 0.4) is 0 Å². The number of amides is 1. The summed E-state index contributed by atoms with van der Waals surface area (Å²) < 4.78 is 11.5. The van der Waals surface area contributed by atoms with Crippen LogP contribution >= 0.6 is 34.8 Å². The van der Waals surface area contributed by atoms with Gasteiger partial charge in [-0.15, -0.1) is 0 Å². The molecule has 2 aromatic rings. The fraction of sp³-hybridized carbons (Fsp3) is 0.364. The van der Waals surface area contributed by atoms with Gasteiger partial charge < -0.3 is 14.4 Å². The predicted octanol–water partition coefficient (Wildman–Crippen LogP) is 5.09. The van der Waals surface area contributed by atoms with Gasteiger partial charge in [0.15, 0.2) is 5.78 Å². The number of rotatable bonds is 7. The standard InChI is InChI=1S/C22H22Cl3NO4/c1-14(27)18-11-15(23)5-7-21(18)30-13-16-12-26(9-10-29-16)22(28)8-6-17-19(24)3-2-4-20(17)25/h2-5,7,11,16H,6,8-10,12-13H2,1H3. The van der Waals surface area contributed by atoms with E-state index in [4.69, 9.17) is 44.3 Å². The molecule has 1 heterocycles. The molecule has 0 N–H and O–H groups in total. The minimum absolute atomic E-state index is 0.00945. The van der Waals surface area contributed by atoms with E-state index >= 15 is 0 Å². The fourth-order valence-corrected chi connectivity index (χ4v) is 4.05. The van der Waals surface area contributed by atoms with Crippen LogP contribution in [-0.2, 0) is 16.0 Å². The lowest BCUT2D eigenvalue weighted by Gasteiger charge is -2.33. The quantitative estimate of drug-likeness (QED) is 0.529. The van der Waals surface area contributed by atoms with E-state index in [0.717, 1.165) is 5.56 Å². The highest BCUT2D eigenvalue weighted by Gasteiger charge is 2.25. The van der Waals surface area contributed by atoms with Crippen molar-refractivity contribution in [1.82, 2.24) is 4.90 Å². The maximum Gasteiger partial charge on any atom is 0.223 e. The van der Waals surface area contributed by atoms with E-state index in [1.165, 1.54) is 6.92 Å². The first-order chi connectivity index (χ1) is 14.3. The number of carbonyl (C=O) groups is 2. The highest BCUT2D eigenvalue weighted by atomic mass is 35.5. The summed E-state index contributed by atoms with van der Waals surface area (Å²) in [6, 6.07) is 10.2. The first-order valence-electron chi connectivity index (χ1n) is 9.60. The Kier molecular flexibility index (Phi) is 8.00. The molecule has 3 rings (SSSR count). The number of hydrogen-bond donors (Lipinski definition) is 0. The summed E-state index contributed by atoms with van der Waals surface area (Å²) in [5.41, 5.74) is 1.20. The number of benzene rings is 2. The Hall–Kier alpha value is -1.79. The Labute approximate surface area is 190 Å². The Morgan fingerprint density at radius 1 is 1.17 bits per heavy atom. The lowest BCUT2D eigenvalue weighted by Crippen LogP contribution is -2.47. The molecule has 0 bridgehead atoms. The Morgan fingerprint density at radius 2 is 1.90 bits per heavy atom. The van der Waals surface area contributed by atoms with E-state index < -0.39 is 0 Å². The van der Waals surface area contributed by atoms with Crippen LogP contribution in [0.2, 0.25) is 15.1 Å². The van der Waals surface area contributed by atoms with Crippen LogP contribution in [0.1, 0.15) is 29.3 Å². The molecular weight excluding hydrogens is 449 g/mol. The normalized spacial score (nSPS) is 16.4. The van der Waals surface area contributed by atoms with Crippen molar-refractivity contribution in [1.29, 1.82) is 0 Å². The van der Waals surface area contributed by atoms with Crippen molar-refractivity contribution in [3.8, 4) is 5.75 Å². The molecule has 1 fully saturated rings. The van der Waals surface area contributed by atoms with Crippen LogP contribution in [-0.4, -0.2) is 49.0 Å². The summed E-state index contributed by atoms with van der Waals surface area (Å²) in [6.07, 6.45) is 0.493. The van der Waals surface area contributed by atoms with E-state index in [1.54, 1.807) is 41.3 Å². The van der Waals surface area contributed by atoms with Crippen molar-refractivity contribution in [3.05, 3.63) is 62.6 Å². The molecule has 2 aromatic carbocycles. The summed E-state index contributed by atoms with van der Waals surface area (Å²) in [7, 11) is 0. The van der Waals surface area contributed by atoms with E-state index in [1.807, 2.05) is 0 Å². The summed E-state index contributed by atoms with van der Waals surface area (Å²) in [5.74, 6) is 0.328. The highest BCUT2D eigenvalue weighted by Crippen LogP contribution is 2.26. The molecule has 8 heteroatoms. The second-order valence-electron chi connectivity index (χ2n) is 7.04. The number of nitrogens with zero attached hydrogens (tertiary/aromatic N) is 1. The zero-order valence-corrected chi connectivity index (χ0v) is 18.8. The second kappa shape index (κ2) is 10.5. The third-order valence-corrected chi connectivity index (χ3v) is 5.83. The minimum Gasteiger partial charge on any atom is -0.490 e. The summed E-state index contributed by atoms with van der Waals surface area (Å²) >= 11 is 18.3. The number of ketones is 1. The average Bonchev–Trinajstić information content (AvgIpc) is 2.72. The van der Waals surface area contributed by atoms with Gasteiger partial charge in [0.1, 0.15) is 18.5 Å². The fourth-order valence-electron chi connectivity index (χ4n) is 3.29. The van der Waals surface area contributed by atoms with Gasteiger partial charge in [-0.1, -0.05) is 40.9 Å². The molecule has 0 radical (unpaired) electrons. The van der Waals surface area contributed by atoms with Gasteiger partial charge in [-0.05, 0) is 49.2 Å². The zero-order valence-electron chi connectivity index (χ0n) is 16.5. The maximum absolute atomic E-state index is 12.7. The molecule has 0 aromatic heterocycles. The minimum atomic E-state index is -0.290. The SMILES string of the molecule is CC(=O)c1cc(Cl)ccc1OCC1CN(C(=O)CCc2c(Cl)cccc2Cl)CCO1. The third kappa shape index (κ3) is 5.88. The number of morpholine rings is 1. The van der Waals surface area contributed by atoms with Crippen molar-refractivity contribution in [3.63, 3.8) is 0 Å². The van der Waals surface area contributed by atoms with Crippen LogP contribution in [0.5, 0.6) is 5.75 Å². The van der Waals surface area contributed by atoms with Gasteiger partial charge in [0.2, 0.25) is 5.91 Å². The first kappa shape index (κ1) is 22.9. The highest BCUT2D eigenvalue weighted by molar-refractivity contribution is 6.36. The molecule has 30 heavy (non-hydrogen) atoms. The van der Waals surface area contributed by atoms with Gasteiger partial charge in [0.25, 0.3) is 0 Å². The number of hydrogen-bond acceptors (Lipinski definition) is 4. The molecule has 5 nitrogen and oxygen atoms in total. The van der Waals surface area contributed by atoms with Gasteiger partial charge in [-0.2, -0.15) is 0 Å². The van der Waals surface area contributed by atoms with E-state index in [9.17, 15) is 9.59 Å². The molecule has 1 unspecified atom stereocenters. The first-order valence-corrected chi connectivity index (χ1v) is 10.7. The number of Topliss-reactive ketones (excluding diaryl/α,β-unsaturated/α-hetero) is 1. The molecule has 0 spiro atoms. The van der Waals surface area contributed by atoms with Crippen molar-refractivity contribution < 1.29 is 19.1 Å². The van der Waals surface area contributed by atoms with E-state index in [2.05, 4.69) is 0 Å². The Balaban J connectivity index is 1.55. The van der Waals surface area contributed by atoms with Gasteiger partial charge in [-0.3, -0.25) is 9.59 Å².